The Kier molecular flexibility index (Phi) is 11.7. The van der Waals surface area contributed by atoms with Gasteiger partial charge >= 0.3 is 0 Å². The van der Waals surface area contributed by atoms with Crippen LogP contribution >= 0.6 is 0 Å². The number of anilines is 3. The highest BCUT2D eigenvalue weighted by Crippen LogP contribution is 2.30. The van der Waals surface area contributed by atoms with Crippen LogP contribution in [0.5, 0.6) is 0 Å². The normalized spacial score (nSPS) is 11.0. The van der Waals surface area contributed by atoms with E-state index in [4.69, 9.17) is 11.5 Å². The molecule has 0 unspecified atom stereocenters. The first kappa shape index (κ1) is 34.8. The molecule has 1 amide bonds. The Balaban J connectivity index is 1.34. The van der Waals surface area contributed by atoms with Crippen molar-refractivity contribution in [2.24, 2.45) is 16.5 Å². The number of nitrogens with zero attached hydrogens (tertiary/aromatic N) is 2. The second-order valence-electron chi connectivity index (χ2n) is 13.0. The van der Waals surface area contributed by atoms with E-state index >= 15 is 0 Å². The molecule has 0 saturated heterocycles. The first-order valence-corrected chi connectivity index (χ1v) is 17.0. The molecule has 0 aliphatic rings. The molecule has 0 aliphatic heterocycles. The van der Waals surface area contributed by atoms with Crippen molar-refractivity contribution in [3.63, 3.8) is 0 Å². The van der Waals surface area contributed by atoms with Crippen molar-refractivity contribution in [3.8, 4) is 11.1 Å². The van der Waals surface area contributed by atoms with Gasteiger partial charge in [-0.3, -0.25) is 9.79 Å². The summed E-state index contributed by atoms with van der Waals surface area (Å²) in [6.07, 6.45) is 0. The summed E-state index contributed by atoms with van der Waals surface area (Å²) < 4.78 is 0. The summed E-state index contributed by atoms with van der Waals surface area (Å²) in [5.74, 6) is 0.873. The zero-order valence-electron chi connectivity index (χ0n) is 29.0. The smallest absolute Gasteiger partial charge is 0.255 e. The Bertz CT molecular complexity index is 1770. The first-order chi connectivity index (χ1) is 23.7. The lowest BCUT2D eigenvalue weighted by atomic mass is 10.0. The monoisotopic (exact) mass is 652 g/mol. The maximum atomic E-state index is 13.5. The number of benzene rings is 5. The van der Waals surface area contributed by atoms with Crippen LogP contribution in [0, 0.1) is 0 Å². The zero-order chi connectivity index (χ0) is 34.8. The summed E-state index contributed by atoms with van der Waals surface area (Å²) in [5.41, 5.74) is 21.3. The molecule has 0 bridgehead atoms. The van der Waals surface area contributed by atoms with Crippen LogP contribution in [0.25, 0.3) is 11.1 Å². The molecule has 7 heteroatoms. The van der Waals surface area contributed by atoms with E-state index in [-0.39, 0.29) is 11.9 Å². The van der Waals surface area contributed by atoms with Gasteiger partial charge in [-0.15, -0.1) is 0 Å². The minimum atomic E-state index is -0.177. The third-order valence-corrected chi connectivity index (χ3v) is 8.62. The molecule has 0 radical (unpaired) electrons. The first-order valence-electron chi connectivity index (χ1n) is 17.0. The number of rotatable bonds is 14. The Morgan fingerprint density at radius 1 is 0.714 bits per heavy atom. The van der Waals surface area contributed by atoms with E-state index in [2.05, 4.69) is 109 Å². The van der Waals surface area contributed by atoms with Gasteiger partial charge < -0.3 is 27.0 Å². The molecule has 0 saturated carbocycles. The SMILES string of the molecule is CC(C)c1ccc(CN(Cc2ccc(C(C)C)cc2)c2ccc(NC(=O)c3ccc(NCCN=C(N)N)c(-c4ccccc4)c3)cc2)cc1. The highest BCUT2D eigenvalue weighted by molar-refractivity contribution is 6.05. The number of nitrogens with one attached hydrogen (secondary N) is 2. The zero-order valence-corrected chi connectivity index (χ0v) is 29.0. The highest BCUT2D eigenvalue weighted by atomic mass is 16.1. The fraction of sp³-hybridized carbons (Fsp3) is 0.238. The third kappa shape index (κ3) is 9.73. The molecule has 49 heavy (non-hydrogen) atoms. The largest absolute Gasteiger partial charge is 0.383 e. The van der Waals surface area contributed by atoms with Crippen LogP contribution in [-0.2, 0) is 13.1 Å². The van der Waals surface area contributed by atoms with E-state index in [1.807, 2.05) is 60.7 Å². The Hall–Kier alpha value is -5.56. The van der Waals surface area contributed by atoms with Crippen molar-refractivity contribution in [1.29, 1.82) is 0 Å². The standard InChI is InChI=1S/C42H48N6O/c1-29(2)33-14-10-31(11-15-33)27-48(28-32-12-16-34(17-13-32)30(3)4)38-21-19-37(20-22-38)47-41(49)36-18-23-40(45-24-25-46-42(43)44)39(26-36)35-8-6-5-7-9-35/h5-23,26,29-30,45H,24-25,27-28H2,1-4H3,(H,47,49)(H4,43,44,46). The minimum absolute atomic E-state index is 0.0608. The molecule has 7 nitrogen and oxygen atoms in total. The quantitative estimate of drug-likeness (QED) is 0.0545. The van der Waals surface area contributed by atoms with Crippen LogP contribution in [-0.4, -0.2) is 25.0 Å². The molecule has 0 spiro atoms. The van der Waals surface area contributed by atoms with Crippen LogP contribution < -0.4 is 27.0 Å². The van der Waals surface area contributed by atoms with E-state index in [9.17, 15) is 4.79 Å². The van der Waals surface area contributed by atoms with E-state index < -0.39 is 0 Å². The summed E-state index contributed by atoms with van der Waals surface area (Å²) >= 11 is 0. The predicted molar refractivity (Wildman–Crippen MR) is 206 cm³/mol. The molecule has 0 aliphatic carbocycles. The van der Waals surface area contributed by atoms with Crippen LogP contribution in [0.15, 0.2) is 126 Å². The average Bonchev–Trinajstić information content (AvgIpc) is 3.11. The Labute approximate surface area is 291 Å². The van der Waals surface area contributed by atoms with Gasteiger partial charge in [-0.25, -0.2) is 0 Å². The summed E-state index contributed by atoms with van der Waals surface area (Å²) in [4.78, 5) is 19.9. The predicted octanol–water partition coefficient (Wildman–Crippen LogP) is 8.74. The maximum Gasteiger partial charge on any atom is 0.255 e. The van der Waals surface area contributed by atoms with E-state index in [1.165, 1.54) is 22.3 Å². The van der Waals surface area contributed by atoms with E-state index in [0.29, 0.717) is 30.5 Å². The molecule has 0 fully saturated rings. The number of carbonyl (C=O) groups is 1. The van der Waals surface area contributed by atoms with Crippen molar-refractivity contribution < 1.29 is 4.79 Å². The number of nitrogens with two attached hydrogens (primary N) is 2. The van der Waals surface area contributed by atoms with Crippen molar-refractivity contribution in [3.05, 3.63) is 149 Å². The summed E-state index contributed by atoms with van der Waals surface area (Å²) in [5, 5.41) is 6.49. The van der Waals surface area contributed by atoms with Crippen molar-refractivity contribution in [1.82, 2.24) is 0 Å². The lowest BCUT2D eigenvalue weighted by Gasteiger charge is -2.26. The molecule has 5 aromatic carbocycles. The van der Waals surface area contributed by atoms with Gasteiger partial charge in [0.1, 0.15) is 0 Å². The molecule has 0 heterocycles. The van der Waals surface area contributed by atoms with Crippen molar-refractivity contribution in [2.75, 3.05) is 28.6 Å². The lowest BCUT2D eigenvalue weighted by Crippen LogP contribution is -2.24. The van der Waals surface area contributed by atoms with Crippen LogP contribution in [0.4, 0.5) is 17.1 Å². The van der Waals surface area contributed by atoms with Gasteiger partial charge in [0.25, 0.3) is 5.91 Å². The molecule has 6 N–H and O–H groups in total. The second kappa shape index (κ2) is 16.5. The average molecular weight is 653 g/mol. The van der Waals surface area contributed by atoms with Crippen molar-refractivity contribution >= 4 is 28.9 Å². The number of amides is 1. The number of hydrogen-bond acceptors (Lipinski definition) is 4. The third-order valence-electron chi connectivity index (χ3n) is 8.62. The number of carbonyl (C=O) groups excluding carboxylic acids is 1. The second-order valence-corrected chi connectivity index (χ2v) is 13.0. The summed E-state index contributed by atoms with van der Waals surface area (Å²) in [6, 6.07) is 41.6. The lowest BCUT2D eigenvalue weighted by molar-refractivity contribution is 0.102. The van der Waals surface area contributed by atoms with Gasteiger partial charge in [-0.2, -0.15) is 0 Å². The number of guanidine groups is 1. The van der Waals surface area contributed by atoms with Gasteiger partial charge in [-0.1, -0.05) is 107 Å². The van der Waals surface area contributed by atoms with Gasteiger partial charge in [0.15, 0.2) is 5.96 Å². The Morgan fingerprint density at radius 3 is 1.82 bits per heavy atom. The summed E-state index contributed by atoms with van der Waals surface area (Å²) in [6.45, 7) is 11.4. The minimum Gasteiger partial charge on any atom is -0.383 e. The maximum absolute atomic E-state index is 13.5. The Morgan fingerprint density at radius 2 is 1.29 bits per heavy atom. The molecule has 5 rings (SSSR count). The highest BCUT2D eigenvalue weighted by Gasteiger charge is 2.14. The molecular formula is C42H48N6O. The number of hydrogen-bond donors (Lipinski definition) is 4. The van der Waals surface area contributed by atoms with Gasteiger partial charge in [-0.05, 0) is 82.1 Å². The fourth-order valence-electron chi connectivity index (χ4n) is 5.73. The topological polar surface area (TPSA) is 109 Å². The molecule has 5 aromatic rings. The fourth-order valence-corrected chi connectivity index (χ4v) is 5.73. The van der Waals surface area contributed by atoms with E-state index in [1.54, 1.807) is 0 Å². The van der Waals surface area contributed by atoms with E-state index in [0.717, 1.165) is 41.3 Å². The molecule has 0 aromatic heterocycles. The molecule has 0 atom stereocenters. The molecular weight excluding hydrogens is 605 g/mol. The van der Waals surface area contributed by atoms with Crippen LogP contribution in [0.1, 0.15) is 72.1 Å². The van der Waals surface area contributed by atoms with Gasteiger partial charge in [0.2, 0.25) is 0 Å². The van der Waals surface area contributed by atoms with Crippen molar-refractivity contribution in [2.45, 2.75) is 52.6 Å². The molecule has 252 valence electrons. The van der Waals surface area contributed by atoms with Crippen LogP contribution in [0.2, 0.25) is 0 Å². The van der Waals surface area contributed by atoms with Gasteiger partial charge in [0, 0.05) is 47.8 Å². The number of aliphatic imine (C=N–C) groups is 1. The van der Waals surface area contributed by atoms with Gasteiger partial charge in [0.05, 0.1) is 6.54 Å². The summed E-state index contributed by atoms with van der Waals surface area (Å²) in [7, 11) is 0. The van der Waals surface area contributed by atoms with Crippen LogP contribution in [0.3, 0.4) is 0 Å².